The van der Waals surface area contributed by atoms with E-state index in [-0.39, 0.29) is 23.4 Å². The van der Waals surface area contributed by atoms with Gasteiger partial charge in [-0.2, -0.15) is 0 Å². The number of hydrogen-bond acceptors (Lipinski definition) is 4. The highest BCUT2D eigenvalue weighted by Crippen LogP contribution is 2.43. The third-order valence-corrected chi connectivity index (χ3v) is 7.47. The lowest BCUT2D eigenvalue weighted by molar-refractivity contribution is 0.176. The smallest absolute Gasteiger partial charge is 0.207 e. The van der Waals surface area contributed by atoms with Gasteiger partial charge in [-0.3, -0.25) is 0 Å². The first-order chi connectivity index (χ1) is 13.6. The molecule has 1 saturated heterocycles. The van der Waals surface area contributed by atoms with E-state index in [9.17, 15) is 8.42 Å². The van der Waals surface area contributed by atoms with Crippen LogP contribution in [0.3, 0.4) is 0 Å². The number of rotatable bonds is 3. The molecule has 2 atom stereocenters. The van der Waals surface area contributed by atoms with Gasteiger partial charge in [-0.05, 0) is 36.7 Å². The Morgan fingerprint density at radius 2 is 1.69 bits per heavy atom. The lowest BCUT2D eigenvalue weighted by Gasteiger charge is -2.24. The van der Waals surface area contributed by atoms with Gasteiger partial charge in [-0.25, -0.2) is 8.42 Å². The molecule has 0 spiro atoms. The summed E-state index contributed by atoms with van der Waals surface area (Å²) in [4.78, 5) is 0.597. The summed E-state index contributed by atoms with van der Waals surface area (Å²) in [5.41, 5.74) is 2.72. The summed E-state index contributed by atoms with van der Waals surface area (Å²) in [6, 6.07) is 22.1. The Hall–Kier alpha value is -2.34. The fraction of sp³-hybridized carbons (Fsp3) is 0.217. The van der Waals surface area contributed by atoms with Crippen LogP contribution >= 0.6 is 12.4 Å². The number of piperidine rings is 1. The van der Waals surface area contributed by atoms with Crippen molar-refractivity contribution in [2.24, 2.45) is 0 Å². The molecule has 0 aromatic heterocycles. The third-order valence-electron chi connectivity index (χ3n) is 5.66. The van der Waals surface area contributed by atoms with Crippen molar-refractivity contribution in [2.45, 2.75) is 28.2 Å². The quantitative estimate of drug-likeness (QED) is 0.671. The second-order valence-electron chi connectivity index (χ2n) is 7.32. The maximum Gasteiger partial charge on any atom is 0.207 e. The molecular formula is C23H22ClNO3S. The molecule has 0 bridgehead atoms. The number of benzene rings is 3. The average molecular weight is 428 g/mol. The predicted molar refractivity (Wildman–Crippen MR) is 116 cm³/mol. The molecule has 0 radical (unpaired) electrons. The average Bonchev–Trinajstić information content (AvgIpc) is 3.12. The molecule has 1 fully saturated rings. The van der Waals surface area contributed by atoms with Crippen LogP contribution < -0.4 is 10.1 Å². The van der Waals surface area contributed by atoms with E-state index < -0.39 is 9.84 Å². The number of sulfone groups is 1. The van der Waals surface area contributed by atoms with Gasteiger partial charge in [0.2, 0.25) is 9.84 Å². The Morgan fingerprint density at radius 3 is 2.52 bits per heavy atom. The largest absolute Gasteiger partial charge is 0.488 e. The molecule has 0 aliphatic carbocycles. The molecule has 150 valence electrons. The fourth-order valence-electron chi connectivity index (χ4n) is 4.25. The van der Waals surface area contributed by atoms with Crippen molar-refractivity contribution in [2.75, 3.05) is 13.1 Å². The summed E-state index contributed by atoms with van der Waals surface area (Å²) in [5, 5.41) is 3.34. The molecule has 2 heterocycles. The Bertz CT molecular complexity index is 1130. The summed E-state index contributed by atoms with van der Waals surface area (Å²) in [6.07, 6.45) is 1.11. The van der Waals surface area contributed by atoms with Crippen LogP contribution in [-0.4, -0.2) is 27.6 Å². The monoisotopic (exact) mass is 427 g/mol. The summed E-state index contributed by atoms with van der Waals surface area (Å²) in [7, 11) is -3.67. The van der Waals surface area contributed by atoms with E-state index in [0.29, 0.717) is 22.1 Å². The topological polar surface area (TPSA) is 55.4 Å². The maximum absolute atomic E-state index is 13.5. The molecular weight excluding hydrogens is 406 g/mol. The Kier molecular flexibility index (Phi) is 5.38. The molecule has 0 saturated carbocycles. The molecule has 4 nitrogen and oxygen atoms in total. The molecule has 0 amide bonds. The van der Waals surface area contributed by atoms with Gasteiger partial charge in [-0.15, -0.1) is 12.4 Å². The first-order valence-electron chi connectivity index (χ1n) is 9.55. The van der Waals surface area contributed by atoms with Gasteiger partial charge < -0.3 is 10.1 Å². The molecule has 2 aliphatic heterocycles. The van der Waals surface area contributed by atoms with Crippen molar-refractivity contribution in [1.82, 2.24) is 5.32 Å². The van der Waals surface area contributed by atoms with E-state index in [1.807, 2.05) is 48.5 Å². The second kappa shape index (κ2) is 7.82. The van der Waals surface area contributed by atoms with Crippen LogP contribution in [0.15, 0.2) is 82.6 Å². The zero-order valence-corrected chi connectivity index (χ0v) is 17.4. The van der Waals surface area contributed by atoms with E-state index in [4.69, 9.17) is 4.74 Å². The van der Waals surface area contributed by atoms with Gasteiger partial charge in [0.25, 0.3) is 0 Å². The van der Waals surface area contributed by atoms with Crippen LogP contribution in [0.2, 0.25) is 0 Å². The number of ether oxygens (including phenoxy) is 1. The molecule has 5 rings (SSSR count). The van der Waals surface area contributed by atoms with Gasteiger partial charge in [0.05, 0.1) is 9.79 Å². The number of nitrogens with one attached hydrogen (secondary N) is 1. The zero-order chi connectivity index (χ0) is 19.1. The molecule has 6 heteroatoms. The van der Waals surface area contributed by atoms with Crippen LogP contribution in [0.1, 0.15) is 17.9 Å². The van der Waals surface area contributed by atoms with E-state index >= 15 is 0 Å². The first-order valence-corrected chi connectivity index (χ1v) is 11.0. The molecule has 2 aliphatic rings. The standard InChI is InChI=1S/C23H21NO3S.ClH/c25-28(26,23-9-5-4-8-18(23)16-6-2-1-3-7-16)17-10-11-19-20-12-13-24-15-22(20)27-21(19)14-17;/h1-11,14,20,22,24H,12-13,15H2;1H/t20-,22-;/m0./s1. The summed E-state index contributed by atoms with van der Waals surface area (Å²) in [6.45, 7) is 1.77. The summed E-state index contributed by atoms with van der Waals surface area (Å²) >= 11 is 0. The van der Waals surface area contributed by atoms with Crippen LogP contribution in [0.25, 0.3) is 11.1 Å². The number of hydrogen-bond donors (Lipinski definition) is 1. The van der Waals surface area contributed by atoms with Crippen LogP contribution in [0.5, 0.6) is 5.75 Å². The minimum atomic E-state index is -3.67. The van der Waals surface area contributed by atoms with Crippen LogP contribution in [0.4, 0.5) is 0 Å². The Morgan fingerprint density at radius 1 is 0.931 bits per heavy atom. The maximum atomic E-state index is 13.5. The fourth-order valence-corrected chi connectivity index (χ4v) is 5.74. The molecule has 3 aromatic carbocycles. The highest BCUT2D eigenvalue weighted by atomic mass is 35.5. The zero-order valence-electron chi connectivity index (χ0n) is 15.7. The lowest BCUT2D eigenvalue weighted by atomic mass is 9.90. The van der Waals surface area contributed by atoms with Crippen molar-refractivity contribution in [3.8, 4) is 16.9 Å². The number of halogens is 1. The molecule has 0 unspecified atom stereocenters. The van der Waals surface area contributed by atoms with Gasteiger partial charge in [0.1, 0.15) is 11.9 Å². The second-order valence-corrected chi connectivity index (χ2v) is 9.24. The van der Waals surface area contributed by atoms with Crippen molar-refractivity contribution in [1.29, 1.82) is 0 Å². The molecule has 29 heavy (non-hydrogen) atoms. The van der Waals surface area contributed by atoms with Crippen LogP contribution in [-0.2, 0) is 9.84 Å². The molecule has 3 aromatic rings. The molecule has 1 N–H and O–H groups in total. The van der Waals surface area contributed by atoms with Gasteiger partial charge >= 0.3 is 0 Å². The minimum Gasteiger partial charge on any atom is -0.488 e. The van der Waals surface area contributed by atoms with Gasteiger partial charge in [-0.1, -0.05) is 54.6 Å². The third kappa shape index (κ3) is 3.44. The number of fused-ring (bicyclic) bond motifs is 3. The van der Waals surface area contributed by atoms with Crippen LogP contribution in [0, 0.1) is 0 Å². The predicted octanol–water partition coefficient (Wildman–Crippen LogP) is 4.45. The summed E-state index contributed by atoms with van der Waals surface area (Å²) < 4.78 is 33.0. The van der Waals surface area contributed by atoms with Crippen molar-refractivity contribution >= 4 is 22.2 Å². The normalized spacial score (nSPS) is 20.1. The van der Waals surface area contributed by atoms with E-state index in [0.717, 1.165) is 30.6 Å². The SMILES string of the molecule is Cl.O=S(=O)(c1ccc2c(c1)O[C@H]1CNCC[C@@H]21)c1ccccc1-c1ccccc1. The van der Waals surface area contributed by atoms with Gasteiger partial charge in [0, 0.05) is 23.6 Å². The van der Waals surface area contributed by atoms with E-state index in [2.05, 4.69) is 5.32 Å². The van der Waals surface area contributed by atoms with E-state index in [1.54, 1.807) is 24.3 Å². The van der Waals surface area contributed by atoms with Crippen molar-refractivity contribution < 1.29 is 13.2 Å². The van der Waals surface area contributed by atoms with Crippen molar-refractivity contribution in [3.05, 3.63) is 78.4 Å². The van der Waals surface area contributed by atoms with E-state index in [1.165, 1.54) is 0 Å². The Labute approximate surface area is 177 Å². The highest BCUT2D eigenvalue weighted by molar-refractivity contribution is 7.91. The van der Waals surface area contributed by atoms with Crippen molar-refractivity contribution in [3.63, 3.8) is 0 Å². The lowest BCUT2D eigenvalue weighted by Crippen LogP contribution is -2.39. The Balaban J connectivity index is 0.00000205. The highest BCUT2D eigenvalue weighted by Gasteiger charge is 2.37. The minimum absolute atomic E-state index is 0. The summed E-state index contributed by atoms with van der Waals surface area (Å²) in [5.74, 6) is 1.06. The van der Waals surface area contributed by atoms with Gasteiger partial charge in [0.15, 0.2) is 0 Å². The first kappa shape index (κ1) is 20.0.